The number of nitrogens with one attached hydrogen (secondary N) is 1. The van der Waals surface area contributed by atoms with E-state index in [1.54, 1.807) is 0 Å². The van der Waals surface area contributed by atoms with Crippen molar-refractivity contribution in [3.63, 3.8) is 0 Å². The molecule has 1 atom stereocenters. The average molecular weight is 291 g/mol. The normalized spacial score (nSPS) is 12.0. The Balaban J connectivity index is 2.62. The second-order valence-corrected chi connectivity index (χ2v) is 5.63. The first kappa shape index (κ1) is 17.5. The van der Waals surface area contributed by atoms with E-state index >= 15 is 0 Å². The van der Waals surface area contributed by atoms with Crippen molar-refractivity contribution in [1.82, 2.24) is 10.2 Å². The van der Waals surface area contributed by atoms with Crippen LogP contribution in [0.25, 0.3) is 0 Å². The summed E-state index contributed by atoms with van der Waals surface area (Å²) >= 11 is 0. The second-order valence-electron chi connectivity index (χ2n) is 5.63. The molecule has 0 bridgehead atoms. The molecule has 1 aromatic carbocycles. The number of benzene rings is 1. The Kier molecular flexibility index (Phi) is 7.23. The van der Waals surface area contributed by atoms with Crippen molar-refractivity contribution in [2.75, 3.05) is 32.1 Å². The van der Waals surface area contributed by atoms with Crippen LogP contribution in [0.5, 0.6) is 0 Å². The fourth-order valence-electron chi connectivity index (χ4n) is 2.31. The van der Waals surface area contributed by atoms with Gasteiger partial charge in [0.1, 0.15) is 0 Å². The van der Waals surface area contributed by atoms with Gasteiger partial charge in [-0.1, -0.05) is 19.1 Å². The molecule has 1 unspecified atom stereocenters. The minimum Gasteiger partial charge on any atom is -0.378 e. The summed E-state index contributed by atoms with van der Waals surface area (Å²) in [6, 6.07) is 8.61. The van der Waals surface area contributed by atoms with Gasteiger partial charge in [0, 0.05) is 45.3 Å². The summed E-state index contributed by atoms with van der Waals surface area (Å²) in [5.74, 6) is 0.211. The number of rotatable bonds is 8. The van der Waals surface area contributed by atoms with Crippen LogP contribution < -0.4 is 10.2 Å². The molecule has 0 aliphatic rings. The largest absolute Gasteiger partial charge is 0.378 e. The standard InChI is InChI=1S/C17H29N3O/c1-6-18-14(3)12-17(21)20(7-2)13-15-8-10-16(11-9-15)19(4)5/h8-11,14,18H,6-7,12-13H2,1-5H3. The fraction of sp³-hybridized carbons (Fsp3) is 0.588. The van der Waals surface area contributed by atoms with Gasteiger partial charge in [-0.25, -0.2) is 0 Å². The molecule has 1 amide bonds. The maximum atomic E-state index is 12.3. The van der Waals surface area contributed by atoms with Crippen LogP contribution in [0.2, 0.25) is 0 Å². The van der Waals surface area contributed by atoms with Crippen LogP contribution in [0.4, 0.5) is 5.69 Å². The third kappa shape index (κ3) is 5.76. The minimum atomic E-state index is 0.211. The van der Waals surface area contributed by atoms with Crippen LogP contribution in [0.1, 0.15) is 32.8 Å². The highest BCUT2D eigenvalue weighted by Crippen LogP contribution is 2.14. The van der Waals surface area contributed by atoms with Gasteiger partial charge < -0.3 is 15.1 Å². The molecular formula is C17H29N3O. The molecule has 21 heavy (non-hydrogen) atoms. The number of carbonyl (C=O) groups is 1. The molecule has 0 spiro atoms. The van der Waals surface area contributed by atoms with Gasteiger partial charge in [0.25, 0.3) is 0 Å². The first-order chi connectivity index (χ1) is 9.97. The molecule has 0 aliphatic carbocycles. The van der Waals surface area contributed by atoms with Crippen LogP contribution in [0, 0.1) is 0 Å². The molecule has 1 aromatic rings. The molecule has 0 heterocycles. The molecule has 0 saturated carbocycles. The summed E-state index contributed by atoms with van der Waals surface area (Å²) in [4.78, 5) is 16.3. The van der Waals surface area contributed by atoms with Gasteiger partial charge in [-0.3, -0.25) is 4.79 Å². The van der Waals surface area contributed by atoms with E-state index in [-0.39, 0.29) is 11.9 Å². The van der Waals surface area contributed by atoms with Crippen LogP contribution >= 0.6 is 0 Å². The minimum absolute atomic E-state index is 0.211. The Morgan fingerprint density at radius 1 is 1.19 bits per heavy atom. The zero-order valence-electron chi connectivity index (χ0n) is 14.0. The number of carbonyl (C=O) groups excluding carboxylic acids is 1. The van der Waals surface area contributed by atoms with E-state index in [9.17, 15) is 4.79 Å². The van der Waals surface area contributed by atoms with Crippen molar-refractivity contribution < 1.29 is 4.79 Å². The Morgan fingerprint density at radius 2 is 1.81 bits per heavy atom. The van der Waals surface area contributed by atoms with Crippen molar-refractivity contribution in [1.29, 1.82) is 0 Å². The molecule has 1 rings (SSSR count). The predicted octanol–water partition coefficient (Wildman–Crippen LogP) is 2.49. The van der Waals surface area contributed by atoms with E-state index in [0.717, 1.165) is 13.1 Å². The van der Waals surface area contributed by atoms with E-state index in [4.69, 9.17) is 0 Å². The van der Waals surface area contributed by atoms with Gasteiger partial charge in [0.2, 0.25) is 5.91 Å². The van der Waals surface area contributed by atoms with E-state index in [1.807, 2.05) is 25.9 Å². The third-order valence-corrected chi connectivity index (χ3v) is 3.59. The summed E-state index contributed by atoms with van der Waals surface area (Å²) < 4.78 is 0. The zero-order chi connectivity index (χ0) is 15.8. The topological polar surface area (TPSA) is 35.6 Å². The molecule has 0 aromatic heterocycles. The van der Waals surface area contributed by atoms with Gasteiger partial charge in [-0.2, -0.15) is 0 Å². The average Bonchev–Trinajstić information content (AvgIpc) is 2.45. The number of nitrogens with zero attached hydrogens (tertiary/aromatic N) is 2. The molecule has 0 saturated heterocycles. The number of anilines is 1. The van der Waals surface area contributed by atoms with Crippen LogP contribution in [-0.4, -0.2) is 44.0 Å². The zero-order valence-corrected chi connectivity index (χ0v) is 14.0. The maximum absolute atomic E-state index is 12.3. The quantitative estimate of drug-likeness (QED) is 0.799. The second kappa shape index (κ2) is 8.67. The molecule has 118 valence electrons. The Hall–Kier alpha value is -1.55. The van der Waals surface area contributed by atoms with E-state index in [1.165, 1.54) is 11.3 Å². The van der Waals surface area contributed by atoms with Crippen LogP contribution in [0.15, 0.2) is 24.3 Å². The van der Waals surface area contributed by atoms with E-state index in [0.29, 0.717) is 13.0 Å². The molecular weight excluding hydrogens is 262 g/mol. The lowest BCUT2D eigenvalue weighted by molar-refractivity contribution is -0.132. The van der Waals surface area contributed by atoms with Crippen LogP contribution in [-0.2, 0) is 11.3 Å². The van der Waals surface area contributed by atoms with Gasteiger partial charge in [-0.05, 0) is 38.1 Å². The summed E-state index contributed by atoms with van der Waals surface area (Å²) in [5.41, 5.74) is 2.35. The summed E-state index contributed by atoms with van der Waals surface area (Å²) in [7, 11) is 4.05. The summed E-state index contributed by atoms with van der Waals surface area (Å²) in [6.07, 6.45) is 0.553. The van der Waals surface area contributed by atoms with E-state index in [2.05, 4.69) is 48.3 Å². The molecule has 0 aliphatic heterocycles. The predicted molar refractivity (Wildman–Crippen MR) is 89.6 cm³/mol. The van der Waals surface area contributed by atoms with Gasteiger partial charge in [0.05, 0.1) is 0 Å². The molecule has 4 heteroatoms. The molecule has 1 N–H and O–H groups in total. The van der Waals surface area contributed by atoms with Gasteiger partial charge in [-0.15, -0.1) is 0 Å². The van der Waals surface area contributed by atoms with Crippen molar-refractivity contribution in [2.24, 2.45) is 0 Å². The van der Waals surface area contributed by atoms with Crippen molar-refractivity contribution >= 4 is 11.6 Å². The first-order valence-corrected chi connectivity index (χ1v) is 7.75. The SMILES string of the molecule is CCNC(C)CC(=O)N(CC)Cc1ccc(N(C)C)cc1. The number of amides is 1. The lowest BCUT2D eigenvalue weighted by Gasteiger charge is -2.23. The molecule has 4 nitrogen and oxygen atoms in total. The Bertz CT molecular complexity index is 428. The van der Waals surface area contributed by atoms with Crippen LogP contribution in [0.3, 0.4) is 0 Å². The monoisotopic (exact) mass is 291 g/mol. The maximum Gasteiger partial charge on any atom is 0.224 e. The van der Waals surface area contributed by atoms with Gasteiger partial charge in [0.15, 0.2) is 0 Å². The summed E-state index contributed by atoms with van der Waals surface area (Å²) in [6.45, 7) is 8.47. The summed E-state index contributed by atoms with van der Waals surface area (Å²) in [5, 5.41) is 3.29. The fourth-order valence-corrected chi connectivity index (χ4v) is 2.31. The molecule has 0 fully saturated rings. The highest BCUT2D eigenvalue weighted by atomic mass is 16.2. The third-order valence-electron chi connectivity index (χ3n) is 3.59. The number of hydrogen-bond acceptors (Lipinski definition) is 3. The highest BCUT2D eigenvalue weighted by molar-refractivity contribution is 5.76. The van der Waals surface area contributed by atoms with Crippen molar-refractivity contribution in [3.05, 3.63) is 29.8 Å². The highest BCUT2D eigenvalue weighted by Gasteiger charge is 2.15. The van der Waals surface area contributed by atoms with Gasteiger partial charge >= 0.3 is 0 Å². The lowest BCUT2D eigenvalue weighted by Crippen LogP contribution is -2.36. The molecule has 0 radical (unpaired) electrons. The Morgan fingerprint density at radius 3 is 2.29 bits per heavy atom. The smallest absolute Gasteiger partial charge is 0.224 e. The van der Waals surface area contributed by atoms with E-state index < -0.39 is 0 Å². The van der Waals surface area contributed by atoms with Crippen molar-refractivity contribution in [3.8, 4) is 0 Å². The first-order valence-electron chi connectivity index (χ1n) is 7.75. The van der Waals surface area contributed by atoms with Crippen molar-refractivity contribution in [2.45, 2.75) is 39.8 Å². The number of hydrogen-bond donors (Lipinski definition) is 1. The Labute approximate surface area is 129 Å². The lowest BCUT2D eigenvalue weighted by atomic mass is 10.1.